The van der Waals surface area contributed by atoms with Gasteiger partial charge in [0.1, 0.15) is 6.61 Å². The monoisotopic (exact) mass is 535 g/mol. The highest BCUT2D eigenvalue weighted by Crippen LogP contribution is 2.36. The number of benzene rings is 3. The van der Waals surface area contributed by atoms with Gasteiger partial charge < -0.3 is 9.47 Å². The van der Waals surface area contributed by atoms with Crippen LogP contribution in [0.4, 0.5) is 16.2 Å². The van der Waals surface area contributed by atoms with Crippen molar-refractivity contribution < 1.29 is 28.9 Å². The minimum absolute atomic E-state index is 0.0545. The van der Waals surface area contributed by atoms with Crippen LogP contribution in [0.1, 0.15) is 23.6 Å². The highest BCUT2D eigenvalue weighted by Gasteiger charge is 2.36. The van der Waals surface area contributed by atoms with Crippen LogP contribution >= 0.6 is 11.8 Å². The van der Waals surface area contributed by atoms with E-state index in [0.717, 1.165) is 16.7 Å². The fourth-order valence-electron chi connectivity index (χ4n) is 3.75. The lowest BCUT2D eigenvalue weighted by molar-refractivity contribution is -0.385. The van der Waals surface area contributed by atoms with Crippen LogP contribution in [-0.4, -0.2) is 32.5 Å². The van der Waals surface area contributed by atoms with Crippen molar-refractivity contribution in [2.24, 2.45) is 0 Å². The molecular weight excluding hydrogens is 514 g/mol. The molecule has 3 aromatic carbocycles. The van der Waals surface area contributed by atoms with E-state index in [2.05, 4.69) is 0 Å². The molecule has 0 N–H and O–H groups in total. The Morgan fingerprint density at radius 3 is 2.16 bits per heavy atom. The van der Waals surface area contributed by atoms with Gasteiger partial charge in [0.2, 0.25) is 0 Å². The van der Waals surface area contributed by atoms with E-state index < -0.39 is 21.0 Å². The number of thioether (sulfide) groups is 1. The average Bonchev–Trinajstić information content (AvgIpc) is 3.16. The molecule has 0 aliphatic carbocycles. The fraction of sp³-hybridized carbons (Fsp3) is 0.154. The van der Waals surface area contributed by atoms with Gasteiger partial charge in [0, 0.05) is 17.7 Å². The number of hydrogen-bond acceptors (Lipinski definition) is 9. The second kappa shape index (κ2) is 11.6. The van der Waals surface area contributed by atoms with E-state index in [1.165, 1.54) is 30.3 Å². The van der Waals surface area contributed by atoms with Crippen molar-refractivity contribution in [1.82, 2.24) is 4.90 Å². The summed E-state index contributed by atoms with van der Waals surface area (Å²) in [5, 5.41) is 22.0. The van der Waals surface area contributed by atoms with Gasteiger partial charge in [-0.05, 0) is 48.5 Å². The summed E-state index contributed by atoms with van der Waals surface area (Å²) in [5.74, 6) is 0.151. The summed E-state index contributed by atoms with van der Waals surface area (Å²) in [6.45, 7) is 1.83. The SMILES string of the molecule is CCOc1cc(/C=C2/SC(=O)N(Cc3ccccc3[N+](=O)[O-])C2=O)ccc1OCc1ccccc1[N+](=O)[O-]. The van der Waals surface area contributed by atoms with E-state index >= 15 is 0 Å². The van der Waals surface area contributed by atoms with E-state index in [4.69, 9.17) is 9.47 Å². The Labute approximate surface area is 221 Å². The highest BCUT2D eigenvalue weighted by atomic mass is 32.2. The third-order valence-corrected chi connectivity index (χ3v) is 6.43. The zero-order chi connectivity index (χ0) is 27.2. The molecule has 0 spiro atoms. The van der Waals surface area contributed by atoms with Crippen molar-refractivity contribution in [2.75, 3.05) is 6.61 Å². The largest absolute Gasteiger partial charge is 0.490 e. The van der Waals surface area contributed by atoms with Gasteiger partial charge in [0.15, 0.2) is 11.5 Å². The number of amides is 2. The minimum atomic E-state index is -0.562. The first-order valence-corrected chi connectivity index (χ1v) is 12.2. The number of nitro groups is 2. The van der Waals surface area contributed by atoms with E-state index in [1.54, 1.807) is 49.4 Å². The van der Waals surface area contributed by atoms with Crippen LogP contribution in [0.25, 0.3) is 6.08 Å². The van der Waals surface area contributed by atoms with Crippen LogP contribution < -0.4 is 9.47 Å². The van der Waals surface area contributed by atoms with Crippen LogP contribution in [-0.2, 0) is 17.9 Å². The lowest BCUT2D eigenvalue weighted by atomic mass is 10.1. The van der Waals surface area contributed by atoms with Crippen molar-refractivity contribution in [2.45, 2.75) is 20.1 Å². The molecule has 0 unspecified atom stereocenters. The quantitative estimate of drug-likeness (QED) is 0.181. The Balaban J connectivity index is 1.54. The second-order valence-corrected chi connectivity index (χ2v) is 8.96. The van der Waals surface area contributed by atoms with Crippen LogP contribution in [0.5, 0.6) is 11.5 Å². The van der Waals surface area contributed by atoms with E-state index in [0.29, 0.717) is 29.2 Å². The first kappa shape index (κ1) is 26.4. The smallest absolute Gasteiger partial charge is 0.293 e. The molecule has 0 aromatic heterocycles. The Morgan fingerprint density at radius 2 is 1.50 bits per heavy atom. The molecule has 2 amide bonds. The van der Waals surface area contributed by atoms with Gasteiger partial charge in [-0.3, -0.25) is 34.7 Å². The molecule has 12 heteroatoms. The number of carbonyl (C=O) groups is 2. The van der Waals surface area contributed by atoms with Crippen LogP contribution in [0.3, 0.4) is 0 Å². The summed E-state index contributed by atoms with van der Waals surface area (Å²) in [6.07, 6.45) is 1.53. The Bertz CT molecular complexity index is 1460. The first-order chi connectivity index (χ1) is 18.3. The van der Waals surface area contributed by atoms with Crippen molar-refractivity contribution in [3.63, 3.8) is 0 Å². The molecule has 1 fully saturated rings. The third kappa shape index (κ3) is 5.81. The summed E-state index contributed by atoms with van der Waals surface area (Å²) >= 11 is 0.738. The number of hydrogen-bond donors (Lipinski definition) is 0. The predicted octanol–water partition coefficient (Wildman–Crippen LogP) is 5.72. The van der Waals surface area contributed by atoms with Crippen LogP contribution in [0.15, 0.2) is 71.6 Å². The van der Waals surface area contributed by atoms with Crippen molar-refractivity contribution in [3.8, 4) is 11.5 Å². The zero-order valence-corrected chi connectivity index (χ0v) is 20.9. The van der Waals surface area contributed by atoms with Gasteiger partial charge >= 0.3 is 0 Å². The molecule has 38 heavy (non-hydrogen) atoms. The Morgan fingerprint density at radius 1 is 0.868 bits per heavy atom. The summed E-state index contributed by atoms with van der Waals surface area (Å²) in [5.41, 5.74) is 0.978. The Kier molecular flexibility index (Phi) is 8.02. The molecule has 1 heterocycles. The molecule has 11 nitrogen and oxygen atoms in total. The second-order valence-electron chi connectivity index (χ2n) is 7.97. The van der Waals surface area contributed by atoms with Crippen LogP contribution in [0.2, 0.25) is 0 Å². The lowest BCUT2D eigenvalue weighted by Gasteiger charge is -2.13. The third-order valence-electron chi connectivity index (χ3n) is 5.53. The summed E-state index contributed by atoms with van der Waals surface area (Å²) in [7, 11) is 0. The summed E-state index contributed by atoms with van der Waals surface area (Å²) in [4.78, 5) is 48.2. The fourth-order valence-corrected chi connectivity index (χ4v) is 4.59. The van der Waals surface area contributed by atoms with Crippen LogP contribution in [0, 0.1) is 20.2 Å². The van der Waals surface area contributed by atoms with Crippen molar-refractivity contribution in [3.05, 3.63) is 109 Å². The number of nitro benzene ring substituents is 2. The van der Waals surface area contributed by atoms with Gasteiger partial charge in [-0.25, -0.2) is 0 Å². The topological polar surface area (TPSA) is 142 Å². The summed E-state index contributed by atoms with van der Waals surface area (Å²) < 4.78 is 11.5. The van der Waals surface area contributed by atoms with E-state index in [9.17, 15) is 29.8 Å². The molecule has 1 aliphatic rings. The number of nitrogens with zero attached hydrogens (tertiary/aromatic N) is 3. The number of rotatable bonds is 10. The molecule has 1 aliphatic heterocycles. The van der Waals surface area contributed by atoms with Gasteiger partial charge in [-0.2, -0.15) is 0 Å². The standard InChI is InChI=1S/C26H21N3O8S/c1-2-36-23-13-17(11-12-22(23)37-16-19-8-4-6-10-21(19)29(34)35)14-24-25(30)27(26(31)38-24)15-18-7-3-5-9-20(18)28(32)33/h3-14H,2,15-16H2,1H3/b24-14+. The molecule has 194 valence electrons. The first-order valence-electron chi connectivity index (χ1n) is 11.4. The molecular formula is C26H21N3O8S. The lowest BCUT2D eigenvalue weighted by Crippen LogP contribution is -2.27. The maximum atomic E-state index is 13.0. The molecule has 1 saturated heterocycles. The number of carbonyl (C=O) groups excluding carboxylic acids is 2. The molecule has 3 aromatic rings. The zero-order valence-electron chi connectivity index (χ0n) is 20.1. The van der Waals surface area contributed by atoms with E-state index in [1.807, 2.05) is 0 Å². The maximum absolute atomic E-state index is 13.0. The number of para-hydroxylation sites is 2. The van der Waals surface area contributed by atoms with Crippen molar-refractivity contribution in [1.29, 1.82) is 0 Å². The maximum Gasteiger partial charge on any atom is 0.293 e. The number of imide groups is 1. The van der Waals surface area contributed by atoms with Gasteiger partial charge in [-0.1, -0.05) is 36.4 Å². The molecule has 0 radical (unpaired) electrons. The van der Waals surface area contributed by atoms with Crippen molar-refractivity contribution >= 4 is 40.4 Å². The normalized spacial score (nSPS) is 14.1. The molecule has 0 saturated carbocycles. The van der Waals surface area contributed by atoms with Gasteiger partial charge in [-0.15, -0.1) is 0 Å². The molecule has 0 bridgehead atoms. The predicted molar refractivity (Wildman–Crippen MR) is 140 cm³/mol. The van der Waals surface area contributed by atoms with Gasteiger partial charge in [0.25, 0.3) is 22.5 Å². The minimum Gasteiger partial charge on any atom is -0.490 e. The average molecular weight is 536 g/mol. The molecule has 4 rings (SSSR count). The highest BCUT2D eigenvalue weighted by molar-refractivity contribution is 8.18. The summed E-state index contributed by atoms with van der Waals surface area (Å²) in [6, 6.07) is 17.1. The Hall–Kier alpha value is -4.71. The molecule has 0 atom stereocenters. The van der Waals surface area contributed by atoms with E-state index in [-0.39, 0.29) is 35.0 Å². The number of ether oxygens (including phenoxy) is 2. The van der Waals surface area contributed by atoms with Gasteiger partial charge in [0.05, 0.1) is 33.5 Å².